The molecule has 0 aliphatic rings. The van der Waals surface area contributed by atoms with Crippen molar-refractivity contribution in [1.29, 1.82) is 0 Å². The fraction of sp³-hybridized carbons (Fsp3) is 0.188. The molecule has 0 bridgehead atoms. The van der Waals surface area contributed by atoms with Gasteiger partial charge >= 0.3 is 0 Å². The molecule has 0 fully saturated rings. The lowest BCUT2D eigenvalue weighted by Crippen LogP contribution is -1.97. The summed E-state index contributed by atoms with van der Waals surface area (Å²) in [5, 5.41) is 6.08. The standard InChI is InChI=1S/C16H16N2O3S/c1-19-11-5-6-13(15(8-11)20-2)14-10-22-16(18-14)17-9-12-4-3-7-21-12/h3-8,10H,9H2,1-2H3,(H,17,18). The van der Waals surface area contributed by atoms with Crippen LogP contribution in [0.5, 0.6) is 11.5 Å². The molecule has 1 N–H and O–H groups in total. The van der Waals surface area contributed by atoms with Crippen LogP contribution in [0.15, 0.2) is 46.4 Å². The zero-order valence-corrected chi connectivity index (χ0v) is 13.1. The average molecular weight is 316 g/mol. The Morgan fingerprint density at radius 3 is 2.86 bits per heavy atom. The zero-order valence-electron chi connectivity index (χ0n) is 12.3. The van der Waals surface area contributed by atoms with E-state index in [0.29, 0.717) is 6.54 Å². The van der Waals surface area contributed by atoms with Gasteiger partial charge < -0.3 is 19.2 Å². The molecule has 1 aromatic carbocycles. The van der Waals surface area contributed by atoms with E-state index in [2.05, 4.69) is 10.3 Å². The van der Waals surface area contributed by atoms with E-state index >= 15 is 0 Å². The van der Waals surface area contributed by atoms with Crippen LogP contribution in [0.2, 0.25) is 0 Å². The molecule has 3 aromatic rings. The van der Waals surface area contributed by atoms with E-state index in [9.17, 15) is 0 Å². The molecule has 0 aliphatic carbocycles. The van der Waals surface area contributed by atoms with Crippen LogP contribution >= 0.6 is 11.3 Å². The summed E-state index contributed by atoms with van der Waals surface area (Å²) in [7, 11) is 3.27. The van der Waals surface area contributed by atoms with Crippen LogP contribution in [-0.2, 0) is 6.54 Å². The summed E-state index contributed by atoms with van der Waals surface area (Å²) in [6, 6.07) is 9.49. The maximum atomic E-state index is 5.42. The molecule has 0 amide bonds. The minimum Gasteiger partial charge on any atom is -0.497 e. The van der Waals surface area contributed by atoms with Crippen LogP contribution < -0.4 is 14.8 Å². The van der Waals surface area contributed by atoms with Gasteiger partial charge in [0.1, 0.15) is 17.3 Å². The molecular weight excluding hydrogens is 300 g/mol. The number of nitrogens with zero attached hydrogens (tertiary/aromatic N) is 1. The largest absolute Gasteiger partial charge is 0.497 e. The van der Waals surface area contributed by atoms with Crippen molar-refractivity contribution in [2.75, 3.05) is 19.5 Å². The first-order chi connectivity index (χ1) is 10.8. The van der Waals surface area contributed by atoms with E-state index in [1.165, 1.54) is 0 Å². The Morgan fingerprint density at radius 2 is 2.14 bits per heavy atom. The molecule has 2 aromatic heterocycles. The first kappa shape index (κ1) is 14.5. The van der Waals surface area contributed by atoms with Crippen molar-refractivity contribution in [3.05, 3.63) is 47.7 Å². The molecule has 0 spiro atoms. The van der Waals surface area contributed by atoms with Gasteiger partial charge in [0.05, 0.1) is 32.7 Å². The number of hydrogen-bond acceptors (Lipinski definition) is 6. The summed E-state index contributed by atoms with van der Waals surface area (Å²) >= 11 is 1.54. The van der Waals surface area contributed by atoms with Crippen molar-refractivity contribution in [3.63, 3.8) is 0 Å². The number of nitrogens with one attached hydrogen (secondary N) is 1. The van der Waals surface area contributed by atoms with Crippen molar-refractivity contribution in [2.24, 2.45) is 0 Å². The van der Waals surface area contributed by atoms with Gasteiger partial charge in [-0.3, -0.25) is 0 Å². The molecule has 0 atom stereocenters. The Morgan fingerprint density at radius 1 is 1.23 bits per heavy atom. The smallest absolute Gasteiger partial charge is 0.183 e. The van der Waals surface area contributed by atoms with Crippen LogP contribution in [0.3, 0.4) is 0 Å². The predicted molar refractivity (Wildman–Crippen MR) is 86.7 cm³/mol. The number of anilines is 1. The van der Waals surface area contributed by atoms with Gasteiger partial charge in [0.25, 0.3) is 0 Å². The monoisotopic (exact) mass is 316 g/mol. The van der Waals surface area contributed by atoms with Crippen LogP contribution in [0.4, 0.5) is 5.13 Å². The Hall–Kier alpha value is -2.47. The molecule has 0 radical (unpaired) electrons. The second-order valence-corrected chi connectivity index (χ2v) is 5.40. The minimum absolute atomic E-state index is 0.611. The molecule has 0 aliphatic heterocycles. The number of thiazole rings is 1. The van der Waals surface area contributed by atoms with Crippen LogP contribution in [0.1, 0.15) is 5.76 Å². The fourth-order valence-electron chi connectivity index (χ4n) is 2.06. The predicted octanol–water partition coefficient (Wildman–Crippen LogP) is 4.03. The number of rotatable bonds is 6. The van der Waals surface area contributed by atoms with E-state index in [-0.39, 0.29) is 0 Å². The highest BCUT2D eigenvalue weighted by Gasteiger charge is 2.11. The molecule has 0 unspecified atom stereocenters. The molecule has 3 rings (SSSR count). The maximum Gasteiger partial charge on any atom is 0.183 e. The van der Waals surface area contributed by atoms with Crippen molar-refractivity contribution in [2.45, 2.75) is 6.54 Å². The minimum atomic E-state index is 0.611. The van der Waals surface area contributed by atoms with Crippen molar-refractivity contribution in [1.82, 2.24) is 4.98 Å². The lowest BCUT2D eigenvalue weighted by Gasteiger charge is -2.08. The van der Waals surface area contributed by atoms with Gasteiger partial charge in [-0.15, -0.1) is 11.3 Å². The van der Waals surface area contributed by atoms with Gasteiger partial charge in [-0.2, -0.15) is 0 Å². The van der Waals surface area contributed by atoms with E-state index in [0.717, 1.165) is 33.6 Å². The third-order valence-corrected chi connectivity index (χ3v) is 3.98. The molecule has 5 nitrogen and oxygen atoms in total. The highest BCUT2D eigenvalue weighted by Crippen LogP contribution is 2.34. The van der Waals surface area contributed by atoms with E-state index in [1.54, 1.807) is 31.8 Å². The summed E-state index contributed by atoms with van der Waals surface area (Å²) in [6.45, 7) is 0.611. The lowest BCUT2D eigenvalue weighted by atomic mass is 10.1. The van der Waals surface area contributed by atoms with Crippen molar-refractivity contribution >= 4 is 16.5 Å². The van der Waals surface area contributed by atoms with Gasteiger partial charge in [0.2, 0.25) is 0 Å². The zero-order chi connectivity index (χ0) is 15.4. The van der Waals surface area contributed by atoms with Crippen LogP contribution in [0.25, 0.3) is 11.3 Å². The number of methoxy groups -OCH3 is 2. The lowest BCUT2D eigenvalue weighted by molar-refractivity contribution is 0.395. The average Bonchev–Trinajstić information content (AvgIpc) is 3.23. The number of ether oxygens (including phenoxy) is 2. The third-order valence-electron chi connectivity index (χ3n) is 3.18. The molecular formula is C16H16N2O3S. The molecule has 0 saturated heterocycles. The number of aromatic nitrogens is 1. The van der Waals surface area contributed by atoms with Gasteiger partial charge in [-0.25, -0.2) is 4.98 Å². The number of furan rings is 1. The summed E-state index contributed by atoms with van der Waals surface area (Å²) in [5.41, 5.74) is 1.80. The highest BCUT2D eigenvalue weighted by molar-refractivity contribution is 7.14. The van der Waals surface area contributed by atoms with E-state index < -0.39 is 0 Å². The number of benzene rings is 1. The van der Waals surface area contributed by atoms with Gasteiger partial charge in [0, 0.05) is 17.0 Å². The maximum absolute atomic E-state index is 5.42. The van der Waals surface area contributed by atoms with Gasteiger partial charge in [0.15, 0.2) is 5.13 Å². The fourth-order valence-corrected chi connectivity index (χ4v) is 2.77. The van der Waals surface area contributed by atoms with E-state index in [4.69, 9.17) is 13.9 Å². The SMILES string of the molecule is COc1ccc(-c2csc(NCc3ccco3)n2)c(OC)c1. The first-order valence-corrected chi connectivity index (χ1v) is 7.62. The second kappa shape index (κ2) is 6.53. The molecule has 22 heavy (non-hydrogen) atoms. The molecule has 2 heterocycles. The number of hydrogen-bond donors (Lipinski definition) is 1. The van der Waals surface area contributed by atoms with Crippen molar-refractivity contribution in [3.8, 4) is 22.8 Å². The Kier molecular flexibility index (Phi) is 4.29. The van der Waals surface area contributed by atoms with E-state index in [1.807, 2.05) is 35.7 Å². The topological polar surface area (TPSA) is 56.5 Å². The van der Waals surface area contributed by atoms with Gasteiger partial charge in [-0.05, 0) is 24.3 Å². The normalized spacial score (nSPS) is 10.5. The Balaban J connectivity index is 1.78. The second-order valence-electron chi connectivity index (χ2n) is 4.54. The van der Waals surface area contributed by atoms with Crippen LogP contribution in [0, 0.1) is 0 Å². The summed E-state index contributed by atoms with van der Waals surface area (Å²) < 4.78 is 15.9. The Bertz CT molecular complexity index is 738. The highest BCUT2D eigenvalue weighted by atomic mass is 32.1. The molecule has 114 valence electrons. The summed E-state index contributed by atoms with van der Waals surface area (Å²) in [6.07, 6.45) is 1.66. The summed E-state index contributed by atoms with van der Waals surface area (Å²) in [4.78, 5) is 4.59. The van der Waals surface area contributed by atoms with Crippen molar-refractivity contribution < 1.29 is 13.9 Å². The molecule has 6 heteroatoms. The molecule has 0 saturated carbocycles. The summed E-state index contributed by atoms with van der Waals surface area (Å²) in [5.74, 6) is 2.37. The third kappa shape index (κ3) is 3.07. The van der Waals surface area contributed by atoms with Gasteiger partial charge in [-0.1, -0.05) is 0 Å². The Labute approximate surface area is 132 Å². The quantitative estimate of drug-likeness (QED) is 0.744. The van der Waals surface area contributed by atoms with Crippen LogP contribution in [-0.4, -0.2) is 19.2 Å². The first-order valence-electron chi connectivity index (χ1n) is 6.74.